The van der Waals surface area contributed by atoms with E-state index in [9.17, 15) is 5.11 Å². The molecule has 2 aromatic carbocycles. The number of hydrogen-bond acceptors (Lipinski definition) is 6. The van der Waals surface area contributed by atoms with E-state index in [0.29, 0.717) is 21.4 Å². The Morgan fingerprint density at radius 1 is 1.19 bits per heavy atom. The van der Waals surface area contributed by atoms with Crippen molar-refractivity contribution < 1.29 is 5.11 Å². The largest absolute Gasteiger partial charge is 0.382 e. The third-order valence-electron chi connectivity index (χ3n) is 4.03. The van der Waals surface area contributed by atoms with E-state index in [0.717, 1.165) is 14.6 Å². The monoisotopic (exact) mass is 436 g/mol. The minimum Gasteiger partial charge on any atom is -0.382 e. The first-order valence-corrected chi connectivity index (χ1v) is 10.6. The molecule has 0 radical (unpaired) electrons. The van der Waals surface area contributed by atoms with Crippen molar-refractivity contribution in [2.45, 2.75) is 16.5 Å². The molecule has 138 valence electrons. The van der Waals surface area contributed by atoms with Gasteiger partial charge in [0.05, 0.1) is 16.8 Å². The molecule has 0 saturated heterocycles. The summed E-state index contributed by atoms with van der Waals surface area (Å²) in [6.07, 6.45) is 3.00. The first-order chi connectivity index (χ1) is 13.0. The number of fused-ring (bicyclic) bond motifs is 1. The number of nitrogens with zero attached hydrogens (tertiary/aromatic N) is 4. The smallest absolute Gasteiger partial charge is 0.151 e. The average Bonchev–Trinajstić information content (AvgIpc) is 3.28. The van der Waals surface area contributed by atoms with Crippen LogP contribution in [0.4, 0.5) is 0 Å². The van der Waals surface area contributed by atoms with Crippen LogP contribution in [0.15, 0.2) is 59.5 Å². The van der Waals surface area contributed by atoms with Gasteiger partial charge in [-0.3, -0.25) is 0 Å². The summed E-state index contributed by atoms with van der Waals surface area (Å²) in [5.74, 6) is 0.355. The van der Waals surface area contributed by atoms with Gasteiger partial charge in [0, 0.05) is 21.4 Å². The van der Waals surface area contributed by atoms with Crippen molar-refractivity contribution in [3.8, 4) is 0 Å². The lowest BCUT2D eigenvalue weighted by Crippen LogP contribution is -2.34. The second kappa shape index (κ2) is 7.77. The summed E-state index contributed by atoms with van der Waals surface area (Å²) in [5.41, 5.74) is 0.282. The Balaban J connectivity index is 1.64. The van der Waals surface area contributed by atoms with E-state index in [1.807, 2.05) is 24.3 Å². The minimum absolute atomic E-state index is 0.215. The molecule has 0 bridgehead atoms. The fourth-order valence-corrected chi connectivity index (χ4v) is 5.49. The number of thiazole rings is 1. The van der Waals surface area contributed by atoms with Gasteiger partial charge < -0.3 is 5.11 Å². The molecule has 1 atom stereocenters. The lowest BCUT2D eigenvalue weighted by Gasteiger charge is -2.28. The van der Waals surface area contributed by atoms with Crippen LogP contribution in [0.2, 0.25) is 10.0 Å². The van der Waals surface area contributed by atoms with Crippen LogP contribution in [0, 0.1) is 0 Å². The number of thioether (sulfide) groups is 1. The quantitative estimate of drug-likeness (QED) is 0.436. The van der Waals surface area contributed by atoms with Crippen LogP contribution in [0.3, 0.4) is 0 Å². The molecular weight excluding hydrogens is 423 g/mol. The zero-order valence-electron chi connectivity index (χ0n) is 13.9. The highest BCUT2D eigenvalue weighted by Crippen LogP contribution is 2.38. The molecule has 0 fully saturated rings. The number of benzene rings is 2. The van der Waals surface area contributed by atoms with Crippen molar-refractivity contribution in [2.24, 2.45) is 0 Å². The Morgan fingerprint density at radius 3 is 2.78 bits per heavy atom. The Hall–Kier alpha value is -1.64. The third-order valence-corrected chi connectivity index (χ3v) is 6.97. The van der Waals surface area contributed by atoms with Crippen LogP contribution in [-0.2, 0) is 12.1 Å². The molecule has 0 aliphatic carbocycles. The zero-order chi connectivity index (χ0) is 18.9. The Kier molecular flexibility index (Phi) is 5.39. The summed E-state index contributed by atoms with van der Waals surface area (Å²) in [7, 11) is 0. The molecule has 2 heterocycles. The van der Waals surface area contributed by atoms with Gasteiger partial charge in [0.1, 0.15) is 18.3 Å². The summed E-state index contributed by atoms with van der Waals surface area (Å²) in [6, 6.07) is 13.1. The van der Waals surface area contributed by atoms with Crippen molar-refractivity contribution in [1.29, 1.82) is 0 Å². The van der Waals surface area contributed by atoms with Gasteiger partial charge in [0.15, 0.2) is 4.34 Å². The van der Waals surface area contributed by atoms with E-state index in [-0.39, 0.29) is 6.54 Å². The molecule has 1 N–H and O–H groups in total. The SMILES string of the molecule is OC(CSc1nc2ccccc2s1)(Cn1cncn1)c1ccc(Cl)cc1Cl. The van der Waals surface area contributed by atoms with Crippen LogP contribution in [0.1, 0.15) is 5.56 Å². The van der Waals surface area contributed by atoms with Gasteiger partial charge in [-0.1, -0.05) is 53.2 Å². The summed E-state index contributed by atoms with van der Waals surface area (Å²) in [4.78, 5) is 8.58. The number of aromatic nitrogens is 4. The molecule has 4 rings (SSSR count). The van der Waals surface area contributed by atoms with Crippen LogP contribution >= 0.6 is 46.3 Å². The van der Waals surface area contributed by atoms with E-state index in [2.05, 4.69) is 15.1 Å². The summed E-state index contributed by atoms with van der Waals surface area (Å²) >= 11 is 15.5. The third kappa shape index (κ3) is 4.12. The molecule has 1 unspecified atom stereocenters. The highest BCUT2D eigenvalue weighted by atomic mass is 35.5. The normalized spacial score (nSPS) is 13.7. The Bertz CT molecular complexity index is 1040. The number of aliphatic hydroxyl groups is 1. The number of para-hydroxylation sites is 1. The van der Waals surface area contributed by atoms with Crippen LogP contribution in [0.5, 0.6) is 0 Å². The number of rotatable bonds is 6. The number of hydrogen-bond donors (Lipinski definition) is 1. The summed E-state index contributed by atoms with van der Waals surface area (Å²) < 4.78 is 3.59. The maximum Gasteiger partial charge on any atom is 0.151 e. The molecule has 5 nitrogen and oxygen atoms in total. The maximum absolute atomic E-state index is 11.5. The van der Waals surface area contributed by atoms with Crippen molar-refractivity contribution in [3.63, 3.8) is 0 Å². The van der Waals surface area contributed by atoms with Gasteiger partial charge in [0.25, 0.3) is 0 Å². The molecular formula is C18H14Cl2N4OS2. The van der Waals surface area contributed by atoms with Crippen molar-refractivity contribution >= 4 is 56.5 Å². The molecule has 27 heavy (non-hydrogen) atoms. The lowest BCUT2D eigenvalue weighted by atomic mass is 9.95. The van der Waals surface area contributed by atoms with Gasteiger partial charge >= 0.3 is 0 Å². The highest BCUT2D eigenvalue weighted by Gasteiger charge is 2.33. The van der Waals surface area contributed by atoms with Gasteiger partial charge in [-0.2, -0.15) is 5.10 Å². The first kappa shape index (κ1) is 18.7. The molecule has 0 amide bonds. The topological polar surface area (TPSA) is 63.8 Å². The molecule has 2 aromatic heterocycles. The molecule has 9 heteroatoms. The Labute approximate surface area is 174 Å². The molecule has 0 saturated carbocycles. The van der Waals surface area contributed by atoms with E-state index in [1.165, 1.54) is 18.1 Å². The van der Waals surface area contributed by atoms with Gasteiger partial charge in [-0.15, -0.1) is 11.3 Å². The standard InChI is InChI=1S/C18H14Cl2N4OS2/c19-12-5-6-13(14(20)7-12)18(25,8-24-11-21-10-22-24)9-26-17-23-15-3-1-2-4-16(15)27-17/h1-7,10-11,25H,8-9H2. The van der Waals surface area contributed by atoms with Crippen molar-refractivity contribution in [3.05, 3.63) is 70.7 Å². The predicted octanol–water partition coefficient (Wildman–Crippen LogP) is 4.87. The van der Waals surface area contributed by atoms with Crippen LogP contribution < -0.4 is 0 Å². The first-order valence-electron chi connectivity index (χ1n) is 8.02. The Morgan fingerprint density at radius 2 is 2.04 bits per heavy atom. The van der Waals surface area contributed by atoms with Gasteiger partial charge in [-0.05, 0) is 24.3 Å². The zero-order valence-corrected chi connectivity index (χ0v) is 17.1. The predicted molar refractivity (Wildman–Crippen MR) is 111 cm³/mol. The number of halogens is 2. The van der Waals surface area contributed by atoms with Crippen LogP contribution in [-0.4, -0.2) is 30.6 Å². The van der Waals surface area contributed by atoms with Crippen molar-refractivity contribution in [1.82, 2.24) is 19.7 Å². The van der Waals surface area contributed by atoms with Gasteiger partial charge in [-0.25, -0.2) is 14.6 Å². The molecule has 4 aromatic rings. The fraction of sp³-hybridized carbons (Fsp3) is 0.167. The van der Waals surface area contributed by atoms with Crippen molar-refractivity contribution in [2.75, 3.05) is 5.75 Å². The van der Waals surface area contributed by atoms with Crippen LogP contribution in [0.25, 0.3) is 10.2 Å². The summed E-state index contributed by atoms with van der Waals surface area (Å²) in [6.45, 7) is 0.215. The van der Waals surface area contributed by atoms with E-state index >= 15 is 0 Å². The molecule has 0 aliphatic rings. The average molecular weight is 437 g/mol. The lowest BCUT2D eigenvalue weighted by molar-refractivity contribution is 0.0398. The van der Waals surface area contributed by atoms with Gasteiger partial charge in [0.2, 0.25) is 0 Å². The fourth-order valence-electron chi connectivity index (χ4n) is 2.75. The molecule has 0 aliphatic heterocycles. The minimum atomic E-state index is -1.27. The second-order valence-electron chi connectivity index (χ2n) is 5.98. The summed E-state index contributed by atoms with van der Waals surface area (Å²) in [5, 5.41) is 16.6. The van der Waals surface area contributed by atoms with E-state index < -0.39 is 5.60 Å². The van der Waals surface area contributed by atoms with E-state index in [1.54, 1.807) is 40.5 Å². The molecule has 0 spiro atoms. The highest BCUT2D eigenvalue weighted by molar-refractivity contribution is 8.01. The maximum atomic E-state index is 11.5. The van der Waals surface area contributed by atoms with E-state index in [4.69, 9.17) is 23.2 Å². The second-order valence-corrected chi connectivity index (χ2v) is 9.08.